The van der Waals surface area contributed by atoms with Crippen molar-refractivity contribution >= 4 is 0 Å². The van der Waals surface area contributed by atoms with Gasteiger partial charge in [-0.05, 0) is 37.6 Å². The van der Waals surface area contributed by atoms with Gasteiger partial charge in [-0.15, -0.1) is 0 Å². The zero-order valence-electron chi connectivity index (χ0n) is 15.2. The smallest absolute Gasteiger partial charge is 0.191 e. The molecule has 1 aliphatic carbocycles. The van der Waals surface area contributed by atoms with Crippen molar-refractivity contribution < 1.29 is 8.78 Å². The fourth-order valence-corrected chi connectivity index (χ4v) is 5.21. The molecule has 2 aliphatic heterocycles. The number of nitrogens with zero attached hydrogens (tertiary/aromatic N) is 4. The maximum Gasteiger partial charge on any atom is 0.191 e. The van der Waals surface area contributed by atoms with Crippen molar-refractivity contribution in [2.45, 2.75) is 30.8 Å². The van der Waals surface area contributed by atoms with E-state index < -0.39 is 28.9 Å². The van der Waals surface area contributed by atoms with Gasteiger partial charge < -0.3 is 5.73 Å². The molecular formula is C21H17F2N5. The lowest BCUT2D eigenvalue weighted by atomic mass is 9.56. The standard InChI is InChI=1S/C21H17F2N5/c1-28-11-5-6-16(28)17-12(7-11)13(8-24)20(27)21(9-25,10-26)19(17)18-14(22)3-2-4-15(18)23/h2-4,7,11,16-17,19H,5-6,27H2,1H3/t11-,16-,17+,19+/m1/s1. The average molecular weight is 377 g/mol. The molecule has 0 unspecified atom stereocenters. The van der Waals surface area contributed by atoms with E-state index in [0.717, 1.165) is 25.0 Å². The number of fused-ring (bicyclic) bond motifs is 4. The highest BCUT2D eigenvalue weighted by atomic mass is 19.1. The van der Waals surface area contributed by atoms with Crippen molar-refractivity contribution in [1.82, 2.24) is 4.90 Å². The van der Waals surface area contributed by atoms with Gasteiger partial charge in [-0.1, -0.05) is 12.1 Å². The molecule has 1 aromatic rings. The maximum absolute atomic E-state index is 14.8. The SMILES string of the molecule is CN1[C@@H]2CC[C@@H]1C=C1C(C#N)=C(N)C(C#N)(C#N)[C@H](c3c(F)cccc3F)[C@@H]12. The first kappa shape index (κ1) is 18.2. The zero-order valence-corrected chi connectivity index (χ0v) is 15.2. The van der Waals surface area contributed by atoms with Crippen molar-refractivity contribution in [1.29, 1.82) is 15.8 Å². The molecule has 140 valence electrons. The number of nitrogens with two attached hydrogens (primary N) is 1. The van der Waals surface area contributed by atoms with Crippen molar-refractivity contribution in [2.24, 2.45) is 17.1 Å². The fraction of sp³-hybridized carbons (Fsp3) is 0.381. The van der Waals surface area contributed by atoms with E-state index in [-0.39, 0.29) is 28.9 Å². The summed E-state index contributed by atoms with van der Waals surface area (Å²) in [6, 6.07) is 9.29. The lowest BCUT2D eigenvalue weighted by Crippen LogP contribution is -2.51. The molecule has 0 radical (unpaired) electrons. The fourth-order valence-electron chi connectivity index (χ4n) is 5.21. The van der Waals surface area contributed by atoms with Crippen molar-refractivity contribution in [3.63, 3.8) is 0 Å². The molecule has 1 saturated heterocycles. The number of allylic oxidation sites excluding steroid dienone is 2. The number of hydrogen-bond donors (Lipinski definition) is 1. The van der Waals surface area contributed by atoms with Gasteiger partial charge in [-0.3, -0.25) is 4.90 Å². The highest BCUT2D eigenvalue weighted by molar-refractivity contribution is 5.60. The van der Waals surface area contributed by atoms with E-state index in [4.69, 9.17) is 5.73 Å². The second-order valence-electron chi connectivity index (χ2n) is 7.57. The number of rotatable bonds is 1. The summed E-state index contributed by atoms with van der Waals surface area (Å²) < 4.78 is 29.7. The lowest BCUT2D eigenvalue weighted by molar-refractivity contribution is 0.157. The van der Waals surface area contributed by atoms with E-state index in [2.05, 4.69) is 4.90 Å². The average Bonchev–Trinajstić information content (AvgIpc) is 2.91. The summed E-state index contributed by atoms with van der Waals surface area (Å²) in [5, 5.41) is 29.7. The van der Waals surface area contributed by atoms with E-state index in [9.17, 15) is 24.6 Å². The molecule has 0 aromatic heterocycles. The van der Waals surface area contributed by atoms with Crippen LogP contribution in [0.1, 0.15) is 24.3 Å². The highest BCUT2D eigenvalue weighted by Gasteiger charge is 2.59. The minimum absolute atomic E-state index is 0.0890. The molecule has 0 amide bonds. The van der Waals surface area contributed by atoms with Gasteiger partial charge in [0.1, 0.15) is 17.7 Å². The Morgan fingerprint density at radius 1 is 1.14 bits per heavy atom. The van der Waals surface area contributed by atoms with Crippen LogP contribution in [0.25, 0.3) is 0 Å². The van der Waals surface area contributed by atoms with Gasteiger partial charge in [0.05, 0.1) is 23.4 Å². The summed E-state index contributed by atoms with van der Waals surface area (Å²) in [7, 11) is 1.92. The molecule has 28 heavy (non-hydrogen) atoms. The van der Waals surface area contributed by atoms with Gasteiger partial charge in [0, 0.05) is 29.5 Å². The monoisotopic (exact) mass is 377 g/mol. The van der Waals surface area contributed by atoms with Gasteiger partial charge >= 0.3 is 0 Å². The van der Waals surface area contributed by atoms with Crippen LogP contribution >= 0.6 is 0 Å². The molecule has 4 rings (SSSR count). The molecule has 7 heteroatoms. The Hall–Kier alpha value is -3.21. The van der Waals surface area contributed by atoms with Crippen LogP contribution in [0.4, 0.5) is 8.78 Å². The third-order valence-corrected chi connectivity index (χ3v) is 6.53. The van der Waals surface area contributed by atoms with Crippen LogP contribution in [0.3, 0.4) is 0 Å². The van der Waals surface area contributed by atoms with Crippen LogP contribution < -0.4 is 5.73 Å². The van der Waals surface area contributed by atoms with E-state index in [0.29, 0.717) is 5.57 Å². The van der Waals surface area contributed by atoms with E-state index in [1.807, 2.05) is 31.3 Å². The molecule has 0 spiro atoms. The normalized spacial score (nSPS) is 30.6. The Labute approximate surface area is 161 Å². The Morgan fingerprint density at radius 3 is 2.36 bits per heavy atom. The van der Waals surface area contributed by atoms with Gasteiger partial charge in [0.2, 0.25) is 0 Å². The molecular weight excluding hydrogens is 360 g/mol. The highest BCUT2D eigenvalue weighted by Crippen LogP contribution is 2.58. The first-order valence-corrected chi connectivity index (χ1v) is 9.02. The summed E-state index contributed by atoms with van der Waals surface area (Å²) in [5.41, 5.74) is 4.29. The summed E-state index contributed by atoms with van der Waals surface area (Å²) in [4.78, 5) is 2.09. The summed E-state index contributed by atoms with van der Waals surface area (Å²) in [6.07, 6.45) is 3.48. The van der Waals surface area contributed by atoms with Gasteiger partial charge in [0.15, 0.2) is 5.41 Å². The van der Waals surface area contributed by atoms with E-state index in [1.165, 1.54) is 6.07 Å². The molecule has 3 aliphatic rings. The Morgan fingerprint density at radius 2 is 1.79 bits per heavy atom. The molecule has 2 heterocycles. The summed E-state index contributed by atoms with van der Waals surface area (Å²) in [6.45, 7) is 0. The zero-order chi connectivity index (χ0) is 20.2. The molecule has 0 saturated carbocycles. The second-order valence-corrected chi connectivity index (χ2v) is 7.57. The maximum atomic E-state index is 14.8. The molecule has 4 atom stereocenters. The molecule has 2 bridgehead atoms. The number of benzene rings is 1. The number of nitriles is 3. The predicted molar refractivity (Wildman–Crippen MR) is 95.7 cm³/mol. The largest absolute Gasteiger partial charge is 0.399 e. The Balaban J connectivity index is 2.11. The van der Waals surface area contributed by atoms with Crippen LogP contribution in [-0.2, 0) is 0 Å². The Kier molecular flexibility index (Phi) is 4.00. The van der Waals surface area contributed by atoms with Crippen LogP contribution in [0, 0.1) is 57.0 Å². The van der Waals surface area contributed by atoms with Crippen molar-refractivity contribution in [3.8, 4) is 18.2 Å². The first-order chi connectivity index (χ1) is 13.4. The van der Waals surface area contributed by atoms with Gasteiger partial charge in [0.25, 0.3) is 0 Å². The van der Waals surface area contributed by atoms with E-state index >= 15 is 0 Å². The van der Waals surface area contributed by atoms with Gasteiger partial charge in [-0.2, -0.15) is 15.8 Å². The summed E-state index contributed by atoms with van der Waals surface area (Å²) in [5.74, 6) is -3.39. The van der Waals surface area contributed by atoms with Crippen LogP contribution in [0.5, 0.6) is 0 Å². The van der Waals surface area contributed by atoms with Crippen molar-refractivity contribution in [2.75, 3.05) is 7.05 Å². The Bertz CT molecular complexity index is 1020. The number of likely N-dealkylation sites (N-methyl/N-ethyl adjacent to an activating group) is 1. The first-order valence-electron chi connectivity index (χ1n) is 9.02. The second kappa shape index (κ2) is 6.16. The van der Waals surface area contributed by atoms with Crippen LogP contribution in [0.15, 0.2) is 41.1 Å². The van der Waals surface area contributed by atoms with E-state index in [1.54, 1.807) is 0 Å². The third kappa shape index (κ3) is 2.10. The number of hydrogen-bond acceptors (Lipinski definition) is 5. The lowest BCUT2D eigenvalue weighted by Gasteiger charge is -2.48. The van der Waals surface area contributed by atoms with Gasteiger partial charge in [-0.25, -0.2) is 8.78 Å². The van der Waals surface area contributed by atoms with Crippen molar-refractivity contribution in [3.05, 3.63) is 58.3 Å². The van der Waals surface area contributed by atoms with Crippen LogP contribution in [-0.4, -0.2) is 24.0 Å². The minimum Gasteiger partial charge on any atom is -0.399 e. The third-order valence-electron chi connectivity index (χ3n) is 6.53. The minimum atomic E-state index is -2.04. The molecule has 5 nitrogen and oxygen atoms in total. The predicted octanol–water partition coefficient (Wildman–Crippen LogP) is 2.85. The molecule has 1 fully saturated rings. The van der Waals surface area contributed by atoms with Crippen LogP contribution in [0.2, 0.25) is 0 Å². The summed E-state index contributed by atoms with van der Waals surface area (Å²) >= 11 is 0. The topological polar surface area (TPSA) is 101 Å². The molecule has 1 aromatic carbocycles. The molecule has 2 N–H and O–H groups in total. The number of halogens is 2. The quantitative estimate of drug-likeness (QED) is 0.811.